The van der Waals surface area contributed by atoms with Gasteiger partial charge < -0.3 is 15.8 Å². The van der Waals surface area contributed by atoms with Crippen LogP contribution in [0.25, 0.3) is 0 Å². The zero-order valence-electron chi connectivity index (χ0n) is 10.3. The normalized spacial score (nSPS) is 10.1. The molecule has 0 saturated heterocycles. The van der Waals surface area contributed by atoms with Crippen molar-refractivity contribution in [2.24, 2.45) is 0 Å². The lowest BCUT2D eigenvalue weighted by Crippen LogP contribution is -2.05. The highest BCUT2D eigenvalue weighted by atomic mass is 16.5. The second kappa shape index (κ2) is 5.31. The van der Waals surface area contributed by atoms with Crippen molar-refractivity contribution in [3.8, 4) is 6.01 Å². The number of nitrogens with two attached hydrogens (primary N) is 1. The number of anilines is 3. The zero-order valence-corrected chi connectivity index (χ0v) is 10.3. The van der Waals surface area contributed by atoms with Crippen LogP contribution in [0.2, 0.25) is 0 Å². The van der Waals surface area contributed by atoms with Crippen LogP contribution in [-0.2, 0) is 6.42 Å². The predicted molar refractivity (Wildman–Crippen MR) is 69.9 cm³/mol. The van der Waals surface area contributed by atoms with E-state index in [0.29, 0.717) is 5.95 Å². The SMILES string of the molecule is CCc1cccc(Nc2nc(N)nc(OC)n2)c1. The average Bonchev–Trinajstić information content (AvgIpc) is 2.38. The van der Waals surface area contributed by atoms with Gasteiger partial charge >= 0.3 is 6.01 Å². The minimum atomic E-state index is 0.121. The number of hydrogen-bond donors (Lipinski definition) is 2. The molecule has 1 aromatic carbocycles. The molecular formula is C12H15N5O. The molecule has 0 radical (unpaired) electrons. The monoisotopic (exact) mass is 245 g/mol. The van der Waals surface area contributed by atoms with E-state index >= 15 is 0 Å². The number of aryl methyl sites for hydroxylation is 1. The van der Waals surface area contributed by atoms with Crippen LogP contribution in [0.5, 0.6) is 6.01 Å². The van der Waals surface area contributed by atoms with Gasteiger partial charge in [0.2, 0.25) is 11.9 Å². The van der Waals surface area contributed by atoms with E-state index in [1.165, 1.54) is 12.7 Å². The highest BCUT2D eigenvalue weighted by Crippen LogP contribution is 2.17. The smallest absolute Gasteiger partial charge is 0.322 e. The molecule has 0 aliphatic rings. The fourth-order valence-corrected chi connectivity index (χ4v) is 1.52. The molecule has 3 N–H and O–H groups in total. The summed E-state index contributed by atoms with van der Waals surface area (Å²) in [5.41, 5.74) is 7.70. The van der Waals surface area contributed by atoms with E-state index in [1.54, 1.807) is 0 Å². The quantitative estimate of drug-likeness (QED) is 0.853. The van der Waals surface area contributed by atoms with Gasteiger partial charge in [-0.05, 0) is 24.1 Å². The molecule has 2 rings (SSSR count). The molecule has 6 heteroatoms. The molecule has 0 aliphatic carbocycles. The van der Waals surface area contributed by atoms with Crippen LogP contribution in [0.3, 0.4) is 0 Å². The zero-order chi connectivity index (χ0) is 13.0. The van der Waals surface area contributed by atoms with Gasteiger partial charge in [-0.2, -0.15) is 15.0 Å². The molecule has 0 unspecified atom stereocenters. The second-order valence-corrected chi connectivity index (χ2v) is 3.68. The summed E-state index contributed by atoms with van der Waals surface area (Å²) in [5.74, 6) is 0.489. The van der Waals surface area contributed by atoms with Crippen molar-refractivity contribution in [3.05, 3.63) is 29.8 Å². The molecule has 94 valence electrons. The predicted octanol–water partition coefficient (Wildman–Crippen LogP) is 1.77. The Bertz CT molecular complexity index is 544. The Morgan fingerprint density at radius 3 is 2.83 bits per heavy atom. The lowest BCUT2D eigenvalue weighted by molar-refractivity contribution is 0.380. The fourth-order valence-electron chi connectivity index (χ4n) is 1.52. The number of aromatic nitrogens is 3. The molecule has 1 aromatic heterocycles. The van der Waals surface area contributed by atoms with Gasteiger partial charge in [0, 0.05) is 5.69 Å². The van der Waals surface area contributed by atoms with Crippen LogP contribution in [0.4, 0.5) is 17.6 Å². The first-order chi connectivity index (χ1) is 8.71. The number of ether oxygens (including phenoxy) is 1. The summed E-state index contributed by atoms with van der Waals surface area (Å²) in [6, 6.07) is 8.20. The first-order valence-electron chi connectivity index (χ1n) is 5.62. The first-order valence-corrected chi connectivity index (χ1v) is 5.62. The molecule has 18 heavy (non-hydrogen) atoms. The van der Waals surface area contributed by atoms with Gasteiger partial charge in [0.15, 0.2) is 0 Å². The number of hydrogen-bond acceptors (Lipinski definition) is 6. The lowest BCUT2D eigenvalue weighted by Gasteiger charge is -2.07. The summed E-state index contributed by atoms with van der Waals surface area (Å²) in [6.45, 7) is 2.10. The van der Waals surface area contributed by atoms with Crippen molar-refractivity contribution < 1.29 is 4.74 Å². The van der Waals surface area contributed by atoms with Gasteiger partial charge in [-0.3, -0.25) is 0 Å². The third-order valence-electron chi connectivity index (χ3n) is 2.41. The fraction of sp³-hybridized carbons (Fsp3) is 0.250. The number of methoxy groups -OCH3 is 1. The Morgan fingerprint density at radius 1 is 1.28 bits per heavy atom. The molecule has 2 aromatic rings. The van der Waals surface area contributed by atoms with Gasteiger partial charge in [-0.25, -0.2) is 0 Å². The average molecular weight is 245 g/mol. The van der Waals surface area contributed by atoms with Crippen molar-refractivity contribution in [2.45, 2.75) is 13.3 Å². The highest BCUT2D eigenvalue weighted by Gasteiger charge is 2.04. The molecule has 0 bridgehead atoms. The molecular weight excluding hydrogens is 230 g/mol. The van der Waals surface area contributed by atoms with Gasteiger partial charge in [0.05, 0.1) is 7.11 Å². The van der Waals surface area contributed by atoms with Crippen LogP contribution in [0.15, 0.2) is 24.3 Å². The Kier molecular flexibility index (Phi) is 3.57. The highest BCUT2D eigenvalue weighted by molar-refractivity contribution is 5.55. The Labute approximate surface area is 105 Å². The molecule has 0 amide bonds. The number of nitrogens with zero attached hydrogens (tertiary/aromatic N) is 3. The van der Waals surface area contributed by atoms with E-state index in [4.69, 9.17) is 10.5 Å². The maximum Gasteiger partial charge on any atom is 0.322 e. The summed E-state index contributed by atoms with van der Waals surface area (Å²) in [6.07, 6.45) is 0.970. The van der Waals surface area contributed by atoms with E-state index < -0.39 is 0 Å². The van der Waals surface area contributed by atoms with E-state index in [-0.39, 0.29) is 12.0 Å². The van der Waals surface area contributed by atoms with Crippen LogP contribution in [-0.4, -0.2) is 22.1 Å². The topological polar surface area (TPSA) is 86.0 Å². The van der Waals surface area contributed by atoms with Gasteiger partial charge in [0.1, 0.15) is 0 Å². The molecule has 1 heterocycles. The Balaban J connectivity index is 2.24. The maximum absolute atomic E-state index is 5.56. The number of benzene rings is 1. The van der Waals surface area contributed by atoms with Crippen molar-refractivity contribution >= 4 is 17.6 Å². The molecule has 0 atom stereocenters. The summed E-state index contributed by atoms with van der Waals surface area (Å²) in [4.78, 5) is 11.9. The summed E-state index contributed by atoms with van der Waals surface area (Å²) < 4.78 is 4.94. The van der Waals surface area contributed by atoms with Crippen molar-refractivity contribution in [2.75, 3.05) is 18.2 Å². The Morgan fingerprint density at radius 2 is 2.11 bits per heavy atom. The van der Waals surface area contributed by atoms with Gasteiger partial charge in [-0.1, -0.05) is 19.1 Å². The third-order valence-corrected chi connectivity index (χ3v) is 2.41. The minimum Gasteiger partial charge on any atom is -0.467 e. The summed E-state index contributed by atoms with van der Waals surface area (Å²) >= 11 is 0. The van der Waals surface area contributed by atoms with Crippen LogP contribution >= 0.6 is 0 Å². The number of nitrogen functional groups attached to an aromatic ring is 1. The van der Waals surface area contributed by atoms with Crippen molar-refractivity contribution in [1.82, 2.24) is 15.0 Å². The molecule has 0 aliphatic heterocycles. The molecule has 0 saturated carbocycles. The van der Waals surface area contributed by atoms with E-state index in [0.717, 1.165) is 12.1 Å². The van der Waals surface area contributed by atoms with E-state index in [9.17, 15) is 0 Å². The van der Waals surface area contributed by atoms with E-state index in [2.05, 4.69) is 33.3 Å². The first kappa shape index (κ1) is 12.1. The van der Waals surface area contributed by atoms with Crippen LogP contribution < -0.4 is 15.8 Å². The largest absolute Gasteiger partial charge is 0.467 e. The number of rotatable bonds is 4. The van der Waals surface area contributed by atoms with Crippen LogP contribution in [0.1, 0.15) is 12.5 Å². The minimum absolute atomic E-state index is 0.121. The maximum atomic E-state index is 5.56. The molecule has 0 fully saturated rings. The standard InChI is InChI=1S/C12H15N5O/c1-3-8-5-4-6-9(7-8)14-11-15-10(13)16-12(17-11)18-2/h4-7H,3H2,1-2H3,(H3,13,14,15,16,17). The Hall–Kier alpha value is -2.37. The van der Waals surface area contributed by atoms with E-state index in [1.807, 2.05) is 18.2 Å². The lowest BCUT2D eigenvalue weighted by atomic mass is 10.1. The van der Waals surface area contributed by atoms with Crippen LogP contribution in [0, 0.1) is 0 Å². The molecule has 0 spiro atoms. The summed E-state index contributed by atoms with van der Waals surface area (Å²) in [5, 5.41) is 3.07. The van der Waals surface area contributed by atoms with Gasteiger partial charge in [-0.15, -0.1) is 0 Å². The van der Waals surface area contributed by atoms with Gasteiger partial charge in [0.25, 0.3) is 0 Å². The summed E-state index contributed by atoms with van der Waals surface area (Å²) in [7, 11) is 1.48. The second-order valence-electron chi connectivity index (χ2n) is 3.68. The van der Waals surface area contributed by atoms with Crippen molar-refractivity contribution in [1.29, 1.82) is 0 Å². The third kappa shape index (κ3) is 2.85. The van der Waals surface area contributed by atoms with Crippen molar-refractivity contribution in [3.63, 3.8) is 0 Å². The number of nitrogens with one attached hydrogen (secondary N) is 1. The molecule has 6 nitrogen and oxygen atoms in total.